The van der Waals surface area contributed by atoms with E-state index in [0.29, 0.717) is 17.0 Å². The van der Waals surface area contributed by atoms with Crippen molar-refractivity contribution >= 4 is 62.3 Å². The maximum atomic E-state index is 13.2. The summed E-state index contributed by atoms with van der Waals surface area (Å²) in [6, 6.07) is 19.0. The lowest BCUT2D eigenvalue weighted by Gasteiger charge is -2.31. The first-order valence-electron chi connectivity index (χ1n) is 10.3. The van der Waals surface area contributed by atoms with Crippen LogP contribution in [0.15, 0.2) is 65.1 Å². The lowest BCUT2D eigenvalue weighted by atomic mass is 9.87. The fourth-order valence-corrected chi connectivity index (χ4v) is 4.76. The van der Waals surface area contributed by atoms with Gasteiger partial charge in [0.25, 0.3) is 0 Å². The molecule has 1 saturated heterocycles. The lowest BCUT2D eigenvalue weighted by molar-refractivity contribution is 0.0824. The third kappa shape index (κ3) is 5.56. The van der Waals surface area contributed by atoms with Gasteiger partial charge in [0.2, 0.25) is 0 Å². The Morgan fingerprint density at radius 3 is 2.26 bits per heavy atom. The number of hydrogen-bond acceptors (Lipinski definition) is 3. The minimum Gasteiger partial charge on any atom is -0.303 e. The van der Waals surface area contributed by atoms with E-state index < -0.39 is 0 Å². The summed E-state index contributed by atoms with van der Waals surface area (Å²) >= 11 is 9.47. The maximum absolute atomic E-state index is 13.2. The average Bonchev–Trinajstić information content (AvgIpc) is 2.78. The van der Waals surface area contributed by atoms with E-state index in [1.54, 1.807) is 24.3 Å². The molecule has 3 aromatic carbocycles. The molecule has 0 spiro atoms. The van der Waals surface area contributed by atoms with Crippen LogP contribution in [0.25, 0.3) is 10.8 Å². The topological polar surface area (TPSA) is 37.4 Å². The molecule has 6 heteroatoms. The van der Waals surface area contributed by atoms with Crippen molar-refractivity contribution in [2.45, 2.75) is 19.3 Å². The molecule has 0 bridgehead atoms. The van der Waals surface area contributed by atoms with Gasteiger partial charge >= 0.3 is 0 Å². The Hall–Kier alpha value is -1.72. The zero-order valence-electron chi connectivity index (χ0n) is 17.0. The van der Waals surface area contributed by atoms with Gasteiger partial charge < -0.3 is 4.90 Å². The molecule has 3 nitrogen and oxygen atoms in total. The van der Waals surface area contributed by atoms with Crippen LogP contribution in [0.4, 0.5) is 0 Å². The summed E-state index contributed by atoms with van der Waals surface area (Å²) in [5, 5.41) is 2.71. The first-order valence-corrected chi connectivity index (χ1v) is 11.4. The molecular weight excluding hydrogens is 497 g/mol. The van der Waals surface area contributed by atoms with Gasteiger partial charge in [-0.3, -0.25) is 9.59 Å². The molecule has 1 fully saturated rings. The van der Waals surface area contributed by atoms with Gasteiger partial charge in [-0.15, -0.1) is 12.4 Å². The fraction of sp³-hybridized carbons (Fsp3) is 0.280. The monoisotopic (exact) mass is 519 g/mol. The average molecular weight is 521 g/mol. The summed E-state index contributed by atoms with van der Waals surface area (Å²) in [6.45, 7) is 2.42. The van der Waals surface area contributed by atoms with Crippen LogP contribution in [0.1, 0.15) is 40.0 Å². The first-order chi connectivity index (χ1) is 14.5. The van der Waals surface area contributed by atoms with Crippen molar-refractivity contribution in [3.8, 4) is 0 Å². The van der Waals surface area contributed by atoms with Gasteiger partial charge in [-0.1, -0.05) is 51.8 Å². The molecule has 0 saturated carbocycles. The summed E-state index contributed by atoms with van der Waals surface area (Å²) in [4.78, 5) is 27.9. The molecule has 0 radical (unpaired) electrons. The van der Waals surface area contributed by atoms with Crippen LogP contribution >= 0.6 is 39.9 Å². The number of halogens is 3. The van der Waals surface area contributed by atoms with Crippen molar-refractivity contribution in [2.24, 2.45) is 5.92 Å². The fourth-order valence-electron chi connectivity index (χ4n) is 4.16. The van der Waals surface area contributed by atoms with Gasteiger partial charge in [0, 0.05) is 39.5 Å². The molecule has 162 valence electrons. The van der Waals surface area contributed by atoms with Gasteiger partial charge in [0.05, 0.1) is 0 Å². The molecule has 0 amide bonds. The summed E-state index contributed by atoms with van der Waals surface area (Å²) in [5.41, 5.74) is 1.51. The number of nitrogens with zero attached hydrogens (tertiary/aromatic N) is 1. The van der Waals surface area contributed by atoms with Gasteiger partial charge in [-0.2, -0.15) is 0 Å². The number of carbonyl (C=O) groups excluding carboxylic acids is 2. The van der Waals surface area contributed by atoms with Crippen LogP contribution < -0.4 is 0 Å². The summed E-state index contributed by atoms with van der Waals surface area (Å²) < 4.78 is 1.01. The molecule has 0 aliphatic carbocycles. The highest BCUT2D eigenvalue weighted by molar-refractivity contribution is 9.10. The van der Waals surface area contributed by atoms with E-state index in [9.17, 15) is 9.59 Å². The highest BCUT2D eigenvalue weighted by Crippen LogP contribution is 2.30. The molecule has 3 aromatic rings. The van der Waals surface area contributed by atoms with Crippen molar-refractivity contribution in [1.29, 1.82) is 0 Å². The Bertz CT molecular complexity index is 1080. The third-order valence-corrected chi connectivity index (χ3v) is 6.86. The minimum absolute atomic E-state index is 0. The standard InChI is InChI=1S/C25H23BrClNO2.ClH/c26-23-10-9-22(20-3-1-2-4-21(20)23)25(30)18-11-14-28(15-12-18)16-13-24(29)17-5-7-19(27)8-6-17;/h1-10,18H,11-16H2;1H. The Balaban J connectivity index is 0.00000272. The van der Waals surface area contributed by atoms with E-state index in [-0.39, 0.29) is 29.9 Å². The molecule has 4 rings (SSSR count). The van der Waals surface area contributed by atoms with Crippen LogP contribution in [-0.2, 0) is 0 Å². The predicted molar refractivity (Wildman–Crippen MR) is 133 cm³/mol. The molecule has 0 N–H and O–H groups in total. The maximum Gasteiger partial charge on any atom is 0.166 e. The smallest absolute Gasteiger partial charge is 0.166 e. The normalized spacial score (nSPS) is 14.9. The van der Waals surface area contributed by atoms with Gasteiger partial charge in [-0.25, -0.2) is 0 Å². The molecule has 0 aromatic heterocycles. The summed E-state index contributed by atoms with van der Waals surface area (Å²) in [6.07, 6.45) is 2.15. The number of Topliss-reactive ketones (excluding diaryl/α,β-unsaturated/α-hetero) is 2. The van der Waals surface area contributed by atoms with Crippen LogP contribution in [0, 0.1) is 5.92 Å². The summed E-state index contributed by atoms with van der Waals surface area (Å²) in [5.74, 6) is 0.402. The van der Waals surface area contributed by atoms with E-state index in [0.717, 1.165) is 53.3 Å². The molecular formula is C25H24BrCl2NO2. The summed E-state index contributed by atoms with van der Waals surface area (Å²) in [7, 11) is 0. The predicted octanol–water partition coefficient (Wildman–Crippen LogP) is 6.85. The number of fused-ring (bicyclic) bond motifs is 1. The number of likely N-dealkylation sites (tertiary alicyclic amines) is 1. The zero-order chi connectivity index (χ0) is 21.1. The van der Waals surface area contributed by atoms with Gasteiger partial charge in [0.1, 0.15) is 0 Å². The van der Waals surface area contributed by atoms with Gasteiger partial charge in [0.15, 0.2) is 11.6 Å². The largest absolute Gasteiger partial charge is 0.303 e. The highest BCUT2D eigenvalue weighted by atomic mass is 79.9. The third-order valence-electron chi connectivity index (χ3n) is 5.92. The van der Waals surface area contributed by atoms with Gasteiger partial charge in [-0.05, 0) is 73.1 Å². The van der Waals surface area contributed by atoms with Crippen molar-refractivity contribution in [1.82, 2.24) is 4.90 Å². The van der Waals surface area contributed by atoms with Crippen molar-refractivity contribution in [3.05, 3.63) is 81.3 Å². The molecule has 31 heavy (non-hydrogen) atoms. The van der Waals surface area contributed by atoms with Crippen LogP contribution in [0.3, 0.4) is 0 Å². The van der Waals surface area contributed by atoms with E-state index >= 15 is 0 Å². The van der Waals surface area contributed by atoms with E-state index in [4.69, 9.17) is 11.6 Å². The van der Waals surface area contributed by atoms with E-state index in [1.807, 2.05) is 36.4 Å². The van der Waals surface area contributed by atoms with Crippen LogP contribution in [0.5, 0.6) is 0 Å². The second-order valence-corrected chi connectivity index (χ2v) is 9.09. The number of hydrogen-bond donors (Lipinski definition) is 0. The Morgan fingerprint density at radius 1 is 0.935 bits per heavy atom. The number of benzene rings is 3. The van der Waals surface area contributed by atoms with E-state index in [1.165, 1.54) is 0 Å². The Morgan fingerprint density at radius 2 is 1.58 bits per heavy atom. The molecule has 0 atom stereocenters. The van der Waals surface area contributed by atoms with Crippen LogP contribution in [0.2, 0.25) is 5.02 Å². The second kappa shape index (κ2) is 10.7. The Labute approximate surface area is 202 Å². The van der Waals surface area contributed by atoms with Crippen LogP contribution in [-0.4, -0.2) is 36.1 Å². The number of rotatable bonds is 6. The molecule has 1 aliphatic heterocycles. The molecule has 1 heterocycles. The highest BCUT2D eigenvalue weighted by Gasteiger charge is 2.27. The first kappa shape index (κ1) is 23.9. The molecule has 1 aliphatic rings. The van der Waals surface area contributed by atoms with E-state index in [2.05, 4.69) is 20.8 Å². The lowest BCUT2D eigenvalue weighted by Crippen LogP contribution is -2.37. The zero-order valence-corrected chi connectivity index (χ0v) is 20.2. The number of carbonyl (C=O) groups is 2. The van der Waals surface area contributed by atoms with Crippen molar-refractivity contribution in [2.75, 3.05) is 19.6 Å². The number of ketones is 2. The second-order valence-electron chi connectivity index (χ2n) is 7.80. The number of piperidine rings is 1. The minimum atomic E-state index is 0. The SMILES string of the molecule is Cl.O=C(CCN1CCC(C(=O)c2ccc(Br)c3ccccc23)CC1)c1ccc(Cl)cc1. The van der Waals surface area contributed by atoms with Crippen molar-refractivity contribution in [3.63, 3.8) is 0 Å². The van der Waals surface area contributed by atoms with Crippen molar-refractivity contribution < 1.29 is 9.59 Å². The molecule has 0 unspecified atom stereocenters. The Kier molecular flexibility index (Phi) is 8.29. The quantitative estimate of drug-likeness (QED) is 0.333.